The van der Waals surface area contributed by atoms with Gasteiger partial charge in [0.25, 0.3) is 0 Å². The highest BCUT2D eigenvalue weighted by molar-refractivity contribution is 4.78. The second kappa shape index (κ2) is 2.49. The first kappa shape index (κ1) is 6.09. The smallest absolute Gasteiger partial charge is 0.00905 e. The Kier molecular flexibility index (Phi) is 1.90. The summed E-state index contributed by atoms with van der Waals surface area (Å²) >= 11 is 0. The fourth-order valence-electron chi connectivity index (χ4n) is 1.45. The van der Waals surface area contributed by atoms with Gasteiger partial charge in [-0.05, 0) is 25.3 Å². The van der Waals surface area contributed by atoms with Crippen molar-refractivity contribution in [1.29, 1.82) is 0 Å². The first-order chi connectivity index (χ1) is 3.84. The minimum atomic E-state index is 0.815. The SMILES string of the molecule is CC[C@@H]1NCC[C@H]1C. The molecule has 0 bridgehead atoms. The summed E-state index contributed by atoms with van der Waals surface area (Å²) < 4.78 is 0. The maximum atomic E-state index is 3.46. The largest absolute Gasteiger partial charge is 0.314 e. The van der Waals surface area contributed by atoms with Gasteiger partial charge in [0.2, 0.25) is 0 Å². The van der Waals surface area contributed by atoms with Crippen molar-refractivity contribution in [3.63, 3.8) is 0 Å². The second-order valence-electron chi connectivity index (χ2n) is 2.73. The molecule has 1 fully saturated rings. The van der Waals surface area contributed by atoms with Gasteiger partial charge in [-0.15, -0.1) is 0 Å². The van der Waals surface area contributed by atoms with Crippen LogP contribution < -0.4 is 5.32 Å². The van der Waals surface area contributed by atoms with Gasteiger partial charge in [0.1, 0.15) is 0 Å². The van der Waals surface area contributed by atoms with Crippen LogP contribution in [0.4, 0.5) is 0 Å². The Morgan fingerprint density at radius 3 is 2.62 bits per heavy atom. The molecule has 1 aliphatic heterocycles. The summed E-state index contributed by atoms with van der Waals surface area (Å²) in [6, 6.07) is 0.815. The molecule has 8 heavy (non-hydrogen) atoms. The van der Waals surface area contributed by atoms with E-state index in [4.69, 9.17) is 0 Å². The molecule has 0 spiro atoms. The van der Waals surface area contributed by atoms with Gasteiger partial charge in [0.15, 0.2) is 0 Å². The van der Waals surface area contributed by atoms with E-state index in [0.29, 0.717) is 0 Å². The minimum absolute atomic E-state index is 0.815. The predicted molar refractivity (Wildman–Crippen MR) is 35.9 cm³/mol. The molecule has 2 atom stereocenters. The quantitative estimate of drug-likeness (QED) is 0.542. The van der Waals surface area contributed by atoms with E-state index in [9.17, 15) is 0 Å². The van der Waals surface area contributed by atoms with Crippen LogP contribution in [0.5, 0.6) is 0 Å². The van der Waals surface area contributed by atoms with E-state index in [1.165, 1.54) is 19.4 Å². The molecule has 0 saturated carbocycles. The molecule has 1 rings (SSSR count). The van der Waals surface area contributed by atoms with Gasteiger partial charge in [-0.2, -0.15) is 0 Å². The molecule has 0 aromatic carbocycles. The highest BCUT2D eigenvalue weighted by atomic mass is 14.9. The van der Waals surface area contributed by atoms with E-state index >= 15 is 0 Å². The summed E-state index contributed by atoms with van der Waals surface area (Å²) in [7, 11) is 0. The van der Waals surface area contributed by atoms with Crippen molar-refractivity contribution in [2.24, 2.45) is 5.92 Å². The molecule has 0 aromatic rings. The molecule has 0 radical (unpaired) electrons. The Morgan fingerprint density at radius 2 is 2.38 bits per heavy atom. The topological polar surface area (TPSA) is 12.0 Å². The van der Waals surface area contributed by atoms with Crippen LogP contribution in [0.2, 0.25) is 0 Å². The number of hydrogen-bond donors (Lipinski definition) is 1. The van der Waals surface area contributed by atoms with Crippen LogP contribution in [0.15, 0.2) is 0 Å². The molecule has 1 N–H and O–H groups in total. The Balaban J connectivity index is 2.30. The average molecular weight is 113 g/mol. The molecule has 1 nitrogen and oxygen atoms in total. The van der Waals surface area contributed by atoms with Crippen LogP contribution in [0.25, 0.3) is 0 Å². The van der Waals surface area contributed by atoms with Gasteiger partial charge in [-0.3, -0.25) is 0 Å². The zero-order valence-corrected chi connectivity index (χ0v) is 5.78. The summed E-state index contributed by atoms with van der Waals surface area (Å²) in [5.41, 5.74) is 0. The van der Waals surface area contributed by atoms with Crippen molar-refractivity contribution in [1.82, 2.24) is 5.32 Å². The zero-order chi connectivity index (χ0) is 5.98. The Bertz CT molecular complexity index is 70.8. The van der Waals surface area contributed by atoms with Gasteiger partial charge in [-0.1, -0.05) is 13.8 Å². The van der Waals surface area contributed by atoms with E-state index in [0.717, 1.165) is 12.0 Å². The molecule has 1 heterocycles. The lowest BCUT2D eigenvalue weighted by atomic mass is 10.0. The first-order valence-corrected chi connectivity index (χ1v) is 3.58. The van der Waals surface area contributed by atoms with E-state index in [1.54, 1.807) is 0 Å². The van der Waals surface area contributed by atoms with Gasteiger partial charge in [-0.25, -0.2) is 0 Å². The van der Waals surface area contributed by atoms with Crippen LogP contribution in [-0.2, 0) is 0 Å². The maximum Gasteiger partial charge on any atom is 0.00905 e. The van der Waals surface area contributed by atoms with Gasteiger partial charge in [0, 0.05) is 6.04 Å². The highest BCUT2D eigenvalue weighted by Gasteiger charge is 2.19. The molecule has 0 aliphatic carbocycles. The summed E-state index contributed by atoms with van der Waals surface area (Å²) in [5.74, 6) is 0.917. The van der Waals surface area contributed by atoms with E-state index in [2.05, 4.69) is 19.2 Å². The van der Waals surface area contributed by atoms with E-state index in [-0.39, 0.29) is 0 Å². The van der Waals surface area contributed by atoms with Crippen LogP contribution >= 0.6 is 0 Å². The van der Waals surface area contributed by atoms with E-state index in [1.807, 2.05) is 0 Å². The summed E-state index contributed by atoms with van der Waals surface area (Å²) in [6.45, 7) is 5.81. The molecular formula is C7H15N. The van der Waals surface area contributed by atoms with Crippen LogP contribution in [0.3, 0.4) is 0 Å². The van der Waals surface area contributed by atoms with Crippen molar-refractivity contribution in [3.05, 3.63) is 0 Å². The molecule has 1 heteroatoms. The number of hydrogen-bond acceptors (Lipinski definition) is 1. The molecular weight excluding hydrogens is 98.1 g/mol. The standard InChI is InChI=1S/C7H15N/c1-3-7-6(2)4-5-8-7/h6-8H,3-5H2,1-2H3/t6-,7+/m1/s1. The number of rotatable bonds is 1. The monoisotopic (exact) mass is 113 g/mol. The molecule has 0 unspecified atom stereocenters. The normalized spacial score (nSPS) is 38.2. The second-order valence-corrected chi connectivity index (χ2v) is 2.73. The summed E-state index contributed by atoms with van der Waals surface area (Å²) in [5, 5.41) is 3.46. The predicted octanol–water partition coefficient (Wildman–Crippen LogP) is 1.39. The van der Waals surface area contributed by atoms with Gasteiger partial charge < -0.3 is 5.32 Å². The highest BCUT2D eigenvalue weighted by Crippen LogP contribution is 2.15. The van der Waals surface area contributed by atoms with Crippen molar-refractivity contribution < 1.29 is 0 Å². The average Bonchev–Trinajstić information content (AvgIpc) is 2.14. The molecule has 1 saturated heterocycles. The Hall–Kier alpha value is -0.0400. The van der Waals surface area contributed by atoms with Crippen molar-refractivity contribution in [2.45, 2.75) is 32.7 Å². The van der Waals surface area contributed by atoms with Crippen LogP contribution in [0, 0.1) is 5.92 Å². The lowest BCUT2D eigenvalue weighted by molar-refractivity contribution is 0.470. The Morgan fingerprint density at radius 1 is 1.62 bits per heavy atom. The van der Waals surface area contributed by atoms with Crippen molar-refractivity contribution >= 4 is 0 Å². The zero-order valence-electron chi connectivity index (χ0n) is 5.78. The van der Waals surface area contributed by atoms with Gasteiger partial charge in [0.05, 0.1) is 0 Å². The lowest BCUT2D eigenvalue weighted by Crippen LogP contribution is -2.24. The molecule has 1 aliphatic rings. The molecule has 48 valence electrons. The first-order valence-electron chi connectivity index (χ1n) is 3.58. The van der Waals surface area contributed by atoms with Crippen molar-refractivity contribution in [2.75, 3.05) is 6.54 Å². The minimum Gasteiger partial charge on any atom is -0.314 e. The van der Waals surface area contributed by atoms with Crippen molar-refractivity contribution in [3.8, 4) is 0 Å². The molecule has 0 amide bonds. The Labute approximate surface area is 51.5 Å². The third-order valence-electron chi connectivity index (χ3n) is 2.13. The lowest BCUT2D eigenvalue weighted by Gasteiger charge is -2.10. The van der Waals surface area contributed by atoms with Crippen LogP contribution in [-0.4, -0.2) is 12.6 Å². The molecule has 0 aromatic heterocycles. The summed E-state index contributed by atoms with van der Waals surface area (Å²) in [4.78, 5) is 0. The van der Waals surface area contributed by atoms with Crippen LogP contribution in [0.1, 0.15) is 26.7 Å². The fourth-order valence-corrected chi connectivity index (χ4v) is 1.45. The third kappa shape index (κ3) is 1.03. The summed E-state index contributed by atoms with van der Waals surface area (Å²) in [6.07, 6.45) is 2.67. The van der Waals surface area contributed by atoms with Gasteiger partial charge >= 0.3 is 0 Å². The fraction of sp³-hybridized carbons (Fsp3) is 1.00. The third-order valence-corrected chi connectivity index (χ3v) is 2.13. The van der Waals surface area contributed by atoms with E-state index < -0.39 is 0 Å². The number of nitrogens with one attached hydrogen (secondary N) is 1. The maximum absolute atomic E-state index is 3.46.